The lowest BCUT2D eigenvalue weighted by atomic mass is 10.2. The van der Waals surface area contributed by atoms with Crippen LogP contribution in [0.2, 0.25) is 0 Å². The molecule has 2 aromatic heterocycles. The van der Waals surface area contributed by atoms with Gasteiger partial charge >= 0.3 is 5.69 Å². The summed E-state index contributed by atoms with van der Waals surface area (Å²) >= 11 is 0. The third kappa shape index (κ3) is 3.71. The first kappa shape index (κ1) is 19.8. The van der Waals surface area contributed by atoms with E-state index in [1.807, 2.05) is 0 Å². The molecule has 0 aliphatic carbocycles. The summed E-state index contributed by atoms with van der Waals surface area (Å²) in [6, 6.07) is 6.39. The van der Waals surface area contributed by atoms with Gasteiger partial charge in [-0.05, 0) is 24.3 Å². The Hall–Kier alpha value is -3.47. The van der Waals surface area contributed by atoms with Crippen LogP contribution in [0.3, 0.4) is 0 Å². The molecule has 1 saturated heterocycles. The van der Waals surface area contributed by atoms with Crippen molar-refractivity contribution in [3.63, 3.8) is 0 Å². The molecule has 11 heteroatoms. The van der Waals surface area contributed by atoms with Crippen LogP contribution in [-0.4, -0.2) is 56.1 Å². The average molecular weight is 415 g/mol. The molecule has 3 heterocycles. The molecule has 0 unspecified atom stereocenters. The standard InChI is InChI=1S/C19H22FN7O3/c1-24-17-16(18(29)23-19(24)30)27(10-14(21)28)15(22-17)11-25-6-8-26(9-7-25)13-4-2-12(20)3-5-13/h2-5H,6-11H2,1H3,(H2,21,28)(H,23,29,30). The molecular weight excluding hydrogens is 393 g/mol. The fourth-order valence-electron chi connectivity index (χ4n) is 3.74. The lowest BCUT2D eigenvalue weighted by Crippen LogP contribution is -2.46. The number of nitrogens with zero attached hydrogens (tertiary/aromatic N) is 5. The Kier molecular flexibility index (Phi) is 5.12. The normalized spacial score (nSPS) is 15.1. The van der Waals surface area contributed by atoms with E-state index in [-0.39, 0.29) is 23.5 Å². The van der Waals surface area contributed by atoms with Gasteiger partial charge < -0.3 is 15.2 Å². The highest BCUT2D eigenvalue weighted by Crippen LogP contribution is 2.19. The third-order valence-electron chi connectivity index (χ3n) is 5.33. The number of carbonyl (C=O) groups excluding carboxylic acids is 1. The number of nitrogens with two attached hydrogens (primary N) is 1. The van der Waals surface area contributed by atoms with Crippen LogP contribution >= 0.6 is 0 Å². The Bertz CT molecular complexity index is 1200. The number of amides is 1. The molecule has 0 atom stereocenters. The van der Waals surface area contributed by atoms with Crippen LogP contribution in [0.1, 0.15) is 5.82 Å². The van der Waals surface area contributed by atoms with Crippen molar-refractivity contribution in [1.29, 1.82) is 0 Å². The number of H-pyrrole nitrogens is 1. The zero-order chi connectivity index (χ0) is 21.4. The fraction of sp³-hybridized carbons (Fsp3) is 0.368. The summed E-state index contributed by atoms with van der Waals surface area (Å²) in [5, 5.41) is 0. The van der Waals surface area contributed by atoms with Crippen molar-refractivity contribution in [2.75, 3.05) is 31.1 Å². The molecule has 0 saturated carbocycles. The van der Waals surface area contributed by atoms with Gasteiger partial charge in [-0.3, -0.25) is 24.0 Å². The maximum Gasteiger partial charge on any atom is 0.329 e. The predicted molar refractivity (Wildman–Crippen MR) is 109 cm³/mol. The topological polar surface area (TPSA) is 122 Å². The van der Waals surface area contributed by atoms with Crippen LogP contribution in [0.4, 0.5) is 10.1 Å². The van der Waals surface area contributed by atoms with Gasteiger partial charge in [-0.1, -0.05) is 0 Å². The zero-order valence-corrected chi connectivity index (χ0v) is 16.5. The van der Waals surface area contributed by atoms with Gasteiger partial charge in [-0.15, -0.1) is 0 Å². The lowest BCUT2D eigenvalue weighted by Gasteiger charge is -2.35. The molecule has 3 N–H and O–H groups in total. The molecular formula is C19H22FN7O3. The number of hydrogen-bond acceptors (Lipinski definition) is 6. The summed E-state index contributed by atoms with van der Waals surface area (Å²) in [6.45, 7) is 3.09. The zero-order valence-electron chi connectivity index (χ0n) is 16.5. The second kappa shape index (κ2) is 7.75. The van der Waals surface area contributed by atoms with Gasteiger partial charge in [0, 0.05) is 38.9 Å². The van der Waals surface area contributed by atoms with Gasteiger partial charge in [-0.25, -0.2) is 14.2 Å². The summed E-state index contributed by atoms with van der Waals surface area (Å²) in [5.41, 5.74) is 5.52. The summed E-state index contributed by atoms with van der Waals surface area (Å²) < 4.78 is 15.9. The smallest absolute Gasteiger partial charge is 0.329 e. The minimum absolute atomic E-state index is 0.149. The molecule has 158 valence electrons. The van der Waals surface area contributed by atoms with Gasteiger partial charge in [0.05, 0.1) is 6.54 Å². The van der Waals surface area contributed by atoms with Gasteiger partial charge in [0.15, 0.2) is 11.2 Å². The number of benzene rings is 1. The highest BCUT2D eigenvalue weighted by atomic mass is 19.1. The van der Waals surface area contributed by atoms with E-state index in [1.165, 1.54) is 28.3 Å². The maximum atomic E-state index is 13.1. The van der Waals surface area contributed by atoms with Crippen molar-refractivity contribution in [3.05, 3.63) is 56.7 Å². The van der Waals surface area contributed by atoms with Crippen molar-refractivity contribution in [2.24, 2.45) is 12.8 Å². The highest BCUT2D eigenvalue weighted by Gasteiger charge is 2.23. The number of imidazole rings is 1. The molecule has 1 aliphatic rings. The Morgan fingerprint density at radius 1 is 1.17 bits per heavy atom. The number of aromatic amines is 1. The number of aromatic nitrogens is 4. The molecule has 0 bridgehead atoms. The predicted octanol–water partition coefficient (Wildman–Crippen LogP) is -0.630. The number of nitrogens with one attached hydrogen (secondary N) is 1. The van der Waals surface area contributed by atoms with E-state index < -0.39 is 17.2 Å². The summed E-state index contributed by atoms with van der Waals surface area (Å²) in [6.07, 6.45) is 0. The molecule has 0 spiro atoms. The minimum Gasteiger partial charge on any atom is -0.369 e. The van der Waals surface area contributed by atoms with Crippen LogP contribution in [-0.2, 0) is 24.9 Å². The van der Waals surface area contributed by atoms with Gasteiger partial charge in [-0.2, -0.15) is 0 Å². The molecule has 10 nitrogen and oxygen atoms in total. The SMILES string of the molecule is Cn1c(=O)[nH]c(=O)c2c1nc(CN1CCN(c3ccc(F)cc3)CC1)n2CC(N)=O. The number of hydrogen-bond donors (Lipinski definition) is 2. The maximum absolute atomic E-state index is 13.1. The Labute approximate surface area is 170 Å². The van der Waals surface area contributed by atoms with E-state index in [4.69, 9.17) is 5.73 Å². The molecule has 1 aliphatic heterocycles. The molecule has 1 amide bonds. The van der Waals surface area contributed by atoms with E-state index >= 15 is 0 Å². The third-order valence-corrected chi connectivity index (χ3v) is 5.33. The average Bonchev–Trinajstić information content (AvgIpc) is 3.05. The number of anilines is 1. The summed E-state index contributed by atoms with van der Waals surface area (Å²) in [4.78, 5) is 46.9. The number of carbonyl (C=O) groups is 1. The van der Waals surface area contributed by atoms with Gasteiger partial charge in [0.2, 0.25) is 5.91 Å². The number of rotatable bonds is 5. The molecule has 1 aromatic carbocycles. The van der Waals surface area contributed by atoms with Crippen LogP contribution < -0.4 is 21.9 Å². The first-order chi connectivity index (χ1) is 14.3. The quantitative estimate of drug-likeness (QED) is 0.572. The lowest BCUT2D eigenvalue weighted by molar-refractivity contribution is -0.118. The van der Waals surface area contributed by atoms with Crippen LogP contribution in [0.25, 0.3) is 11.2 Å². The number of piperazine rings is 1. The van der Waals surface area contributed by atoms with Crippen LogP contribution in [0.15, 0.2) is 33.9 Å². The van der Waals surface area contributed by atoms with E-state index in [0.717, 1.165) is 18.8 Å². The number of fused-ring (bicyclic) bond motifs is 1. The largest absolute Gasteiger partial charge is 0.369 e. The van der Waals surface area contributed by atoms with Crippen molar-refractivity contribution < 1.29 is 9.18 Å². The number of primary amides is 1. The Morgan fingerprint density at radius 2 is 1.83 bits per heavy atom. The molecule has 4 rings (SSSR count). The van der Waals surface area contributed by atoms with E-state index in [0.29, 0.717) is 25.5 Å². The molecule has 30 heavy (non-hydrogen) atoms. The molecule has 3 aromatic rings. The minimum atomic E-state index is -0.607. The first-order valence-electron chi connectivity index (χ1n) is 9.53. The van der Waals surface area contributed by atoms with Crippen LogP contribution in [0, 0.1) is 5.82 Å². The second-order valence-electron chi connectivity index (χ2n) is 7.31. The summed E-state index contributed by atoms with van der Waals surface area (Å²) in [7, 11) is 1.51. The van der Waals surface area contributed by atoms with Crippen molar-refractivity contribution >= 4 is 22.8 Å². The molecule has 1 fully saturated rings. The summed E-state index contributed by atoms with van der Waals surface area (Å²) in [5.74, 6) is -0.384. The number of aryl methyl sites for hydroxylation is 1. The van der Waals surface area contributed by atoms with Crippen molar-refractivity contribution in [3.8, 4) is 0 Å². The Morgan fingerprint density at radius 3 is 2.47 bits per heavy atom. The monoisotopic (exact) mass is 415 g/mol. The van der Waals surface area contributed by atoms with Crippen LogP contribution in [0.5, 0.6) is 0 Å². The van der Waals surface area contributed by atoms with Crippen molar-refractivity contribution in [1.82, 2.24) is 24.0 Å². The first-order valence-corrected chi connectivity index (χ1v) is 9.53. The van der Waals surface area contributed by atoms with Gasteiger partial charge in [0.25, 0.3) is 5.56 Å². The number of halogens is 1. The van der Waals surface area contributed by atoms with Crippen molar-refractivity contribution in [2.45, 2.75) is 13.1 Å². The molecule has 0 radical (unpaired) electrons. The van der Waals surface area contributed by atoms with Gasteiger partial charge in [0.1, 0.15) is 18.2 Å². The fourth-order valence-corrected chi connectivity index (χ4v) is 3.74. The Balaban J connectivity index is 1.58. The van der Waals surface area contributed by atoms with E-state index in [1.54, 1.807) is 12.1 Å². The highest BCUT2D eigenvalue weighted by molar-refractivity contribution is 5.78. The van der Waals surface area contributed by atoms with E-state index in [9.17, 15) is 18.8 Å². The van der Waals surface area contributed by atoms with E-state index in [2.05, 4.69) is 19.8 Å². The second-order valence-corrected chi connectivity index (χ2v) is 7.31.